The summed E-state index contributed by atoms with van der Waals surface area (Å²) in [4.78, 5) is 15.3. The molecule has 2 aromatic rings. The number of thiophene rings is 1. The van der Waals surface area contributed by atoms with E-state index >= 15 is 0 Å². The molecule has 1 aliphatic carbocycles. The minimum atomic E-state index is 0.151. The lowest BCUT2D eigenvalue weighted by Crippen LogP contribution is -2.32. The van der Waals surface area contributed by atoms with Gasteiger partial charge < -0.3 is 9.64 Å². The number of ether oxygens (including phenoxy) is 1. The van der Waals surface area contributed by atoms with Crippen molar-refractivity contribution in [1.29, 1.82) is 0 Å². The van der Waals surface area contributed by atoms with E-state index in [2.05, 4.69) is 0 Å². The molecule has 3 rings (SSSR count). The first-order chi connectivity index (χ1) is 9.78. The Morgan fingerprint density at radius 2 is 2.05 bits per heavy atom. The predicted molar refractivity (Wildman–Crippen MR) is 80.2 cm³/mol. The molecule has 20 heavy (non-hydrogen) atoms. The second kappa shape index (κ2) is 5.67. The maximum absolute atomic E-state index is 12.5. The standard InChI is InChI=1S/C16H17NO2S/c1-19-14-8-4-12(5-9-14)11-17(13-6-7-13)16(18)15-3-2-10-20-15/h2-5,8-10,13H,6-7,11H2,1H3. The van der Waals surface area contributed by atoms with Crippen LogP contribution in [0.5, 0.6) is 5.75 Å². The summed E-state index contributed by atoms with van der Waals surface area (Å²) in [6.45, 7) is 0.672. The van der Waals surface area contributed by atoms with E-state index in [4.69, 9.17) is 4.74 Å². The van der Waals surface area contributed by atoms with Crippen LogP contribution in [0.15, 0.2) is 41.8 Å². The van der Waals surface area contributed by atoms with Gasteiger partial charge in [0.05, 0.1) is 12.0 Å². The highest BCUT2D eigenvalue weighted by molar-refractivity contribution is 7.12. The lowest BCUT2D eigenvalue weighted by molar-refractivity contribution is 0.0735. The minimum Gasteiger partial charge on any atom is -0.497 e. The summed E-state index contributed by atoms with van der Waals surface area (Å²) in [5.74, 6) is 0.995. The zero-order chi connectivity index (χ0) is 13.9. The van der Waals surface area contributed by atoms with E-state index in [9.17, 15) is 4.79 Å². The van der Waals surface area contributed by atoms with Crippen molar-refractivity contribution in [1.82, 2.24) is 4.90 Å². The second-order valence-corrected chi connectivity index (χ2v) is 5.94. The Morgan fingerprint density at radius 3 is 2.60 bits per heavy atom. The van der Waals surface area contributed by atoms with E-state index in [0.29, 0.717) is 12.6 Å². The van der Waals surface area contributed by atoms with Crippen LogP contribution in [0.25, 0.3) is 0 Å². The number of hydrogen-bond donors (Lipinski definition) is 0. The van der Waals surface area contributed by atoms with Crippen LogP contribution in [0.3, 0.4) is 0 Å². The first-order valence-electron chi connectivity index (χ1n) is 6.75. The monoisotopic (exact) mass is 287 g/mol. The van der Waals surface area contributed by atoms with E-state index in [-0.39, 0.29) is 5.91 Å². The van der Waals surface area contributed by atoms with Gasteiger partial charge in [-0.3, -0.25) is 4.79 Å². The number of benzene rings is 1. The Bertz CT molecular complexity index is 573. The van der Waals surface area contributed by atoms with Gasteiger partial charge in [0.15, 0.2) is 0 Å². The molecule has 0 N–H and O–H groups in total. The lowest BCUT2D eigenvalue weighted by Gasteiger charge is -2.22. The Hall–Kier alpha value is -1.81. The summed E-state index contributed by atoms with van der Waals surface area (Å²) >= 11 is 1.51. The summed E-state index contributed by atoms with van der Waals surface area (Å²) in [5.41, 5.74) is 1.14. The van der Waals surface area contributed by atoms with Crippen LogP contribution in [0.4, 0.5) is 0 Å². The van der Waals surface area contributed by atoms with E-state index < -0.39 is 0 Å². The summed E-state index contributed by atoms with van der Waals surface area (Å²) in [6.07, 6.45) is 2.24. The van der Waals surface area contributed by atoms with Crippen LogP contribution >= 0.6 is 11.3 Å². The zero-order valence-electron chi connectivity index (χ0n) is 11.4. The average Bonchev–Trinajstić information content (AvgIpc) is 3.18. The molecule has 0 unspecified atom stereocenters. The van der Waals surface area contributed by atoms with Crippen molar-refractivity contribution in [3.05, 3.63) is 52.2 Å². The molecule has 1 aromatic carbocycles. The topological polar surface area (TPSA) is 29.5 Å². The maximum atomic E-state index is 12.5. The molecule has 0 radical (unpaired) electrons. The summed E-state index contributed by atoms with van der Waals surface area (Å²) in [6, 6.07) is 12.2. The van der Waals surface area contributed by atoms with Gasteiger partial charge >= 0.3 is 0 Å². The van der Waals surface area contributed by atoms with Crippen LogP contribution in [-0.2, 0) is 6.54 Å². The number of hydrogen-bond acceptors (Lipinski definition) is 3. The molecular formula is C16H17NO2S. The Kier molecular flexibility index (Phi) is 3.74. The maximum Gasteiger partial charge on any atom is 0.264 e. The first-order valence-corrected chi connectivity index (χ1v) is 7.63. The van der Waals surface area contributed by atoms with Crippen LogP contribution in [-0.4, -0.2) is 24.0 Å². The Labute approximate surface area is 122 Å². The van der Waals surface area contributed by atoms with E-state index in [1.165, 1.54) is 11.3 Å². The van der Waals surface area contributed by atoms with Gasteiger partial charge in [0, 0.05) is 12.6 Å². The van der Waals surface area contributed by atoms with E-state index in [0.717, 1.165) is 29.0 Å². The van der Waals surface area contributed by atoms with Crippen LogP contribution in [0.2, 0.25) is 0 Å². The van der Waals surface area contributed by atoms with Crippen LogP contribution in [0.1, 0.15) is 28.1 Å². The highest BCUT2D eigenvalue weighted by Gasteiger charge is 2.33. The zero-order valence-corrected chi connectivity index (χ0v) is 12.2. The molecule has 1 fully saturated rings. The molecule has 0 saturated heterocycles. The summed E-state index contributed by atoms with van der Waals surface area (Å²) < 4.78 is 5.16. The van der Waals surface area contributed by atoms with Crippen molar-refractivity contribution in [2.45, 2.75) is 25.4 Å². The molecule has 0 bridgehead atoms. The number of carbonyl (C=O) groups is 1. The van der Waals surface area contributed by atoms with Crippen LogP contribution in [0, 0.1) is 0 Å². The van der Waals surface area contributed by atoms with Crippen molar-refractivity contribution in [3.63, 3.8) is 0 Å². The van der Waals surface area contributed by atoms with Crippen molar-refractivity contribution >= 4 is 17.2 Å². The van der Waals surface area contributed by atoms with E-state index in [1.807, 2.05) is 46.7 Å². The van der Waals surface area contributed by atoms with Gasteiger partial charge in [-0.15, -0.1) is 11.3 Å². The SMILES string of the molecule is COc1ccc(CN(C(=O)c2cccs2)C2CC2)cc1. The molecule has 4 heteroatoms. The number of carbonyl (C=O) groups excluding carboxylic acids is 1. The van der Waals surface area contributed by atoms with Gasteiger partial charge in [-0.1, -0.05) is 18.2 Å². The third-order valence-corrected chi connectivity index (χ3v) is 4.35. The van der Waals surface area contributed by atoms with Gasteiger partial charge in [0.1, 0.15) is 5.75 Å². The fraction of sp³-hybridized carbons (Fsp3) is 0.312. The van der Waals surface area contributed by atoms with Crippen molar-refractivity contribution in [2.75, 3.05) is 7.11 Å². The molecular weight excluding hydrogens is 270 g/mol. The average molecular weight is 287 g/mol. The minimum absolute atomic E-state index is 0.151. The van der Waals surface area contributed by atoms with E-state index in [1.54, 1.807) is 7.11 Å². The number of nitrogens with zero attached hydrogens (tertiary/aromatic N) is 1. The molecule has 1 saturated carbocycles. The summed E-state index contributed by atoms with van der Waals surface area (Å²) in [7, 11) is 1.66. The normalized spacial score (nSPS) is 14.1. The molecule has 0 atom stereocenters. The van der Waals surface area contributed by atoms with Gasteiger partial charge in [-0.05, 0) is 42.0 Å². The largest absolute Gasteiger partial charge is 0.497 e. The molecule has 0 aliphatic heterocycles. The van der Waals surface area contributed by atoms with Crippen molar-refractivity contribution in [3.8, 4) is 5.75 Å². The third-order valence-electron chi connectivity index (χ3n) is 3.49. The molecule has 1 aromatic heterocycles. The predicted octanol–water partition coefficient (Wildman–Crippen LogP) is 3.56. The Morgan fingerprint density at radius 1 is 1.30 bits per heavy atom. The van der Waals surface area contributed by atoms with Crippen LogP contribution < -0.4 is 4.74 Å². The molecule has 3 nitrogen and oxygen atoms in total. The highest BCUT2D eigenvalue weighted by Crippen LogP contribution is 2.30. The quantitative estimate of drug-likeness (QED) is 0.841. The second-order valence-electron chi connectivity index (χ2n) is 4.99. The fourth-order valence-corrected chi connectivity index (χ4v) is 2.90. The molecule has 0 spiro atoms. The third kappa shape index (κ3) is 2.85. The molecule has 104 valence electrons. The molecule has 1 aliphatic rings. The van der Waals surface area contributed by atoms with Gasteiger partial charge in [-0.2, -0.15) is 0 Å². The highest BCUT2D eigenvalue weighted by atomic mass is 32.1. The number of rotatable bonds is 5. The first kappa shape index (κ1) is 13.2. The molecule has 1 heterocycles. The summed E-state index contributed by atoms with van der Waals surface area (Å²) in [5, 5.41) is 1.95. The number of methoxy groups -OCH3 is 1. The van der Waals surface area contributed by atoms with Crippen molar-refractivity contribution in [2.24, 2.45) is 0 Å². The smallest absolute Gasteiger partial charge is 0.264 e. The molecule has 1 amide bonds. The number of amides is 1. The Balaban J connectivity index is 1.75. The van der Waals surface area contributed by atoms with Gasteiger partial charge in [0.25, 0.3) is 5.91 Å². The van der Waals surface area contributed by atoms with Gasteiger partial charge in [0.2, 0.25) is 0 Å². The lowest BCUT2D eigenvalue weighted by atomic mass is 10.2. The fourth-order valence-electron chi connectivity index (χ4n) is 2.22. The van der Waals surface area contributed by atoms with Gasteiger partial charge in [-0.25, -0.2) is 0 Å². The van der Waals surface area contributed by atoms with Crippen molar-refractivity contribution < 1.29 is 9.53 Å².